The Bertz CT molecular complexity index is 576. The molecule has 0 aromatic heterocycles. The van der Waals surface area contributed by atoms with E-state index in [0.717, 1.165) is 28.0 Å². The van der Waals surface area contributed by atoms with Gasteiger partial charge in [-0.05, 0) is 48.2 Å². The largest absolute Gasteiger partial charge is 0.397 e. The van der Waals surface area contributed by atoms with Crippen LogP contribution in [-0.2, 0) is 6.42 Å². The highest BCUT2D eigenvalue weighted by Gasteiger charge is 2.08. The van der Waals surface area contributed by atoms with Crippen molar-refractivity contribution < 1.29 is 0 Å². The first-order valence-corrected chi connectivity index (χ1v) is 7.64. The summed E-state index contributed by atoms with van der Waals surface area (Å²) in [5.74, 6) is 0.681. The van der Waals surface area contributed by atoms with Gasteiger partial charge in [-0.25, -0.2) is 0 Å². The molecule has 0 saturated heterocycles. The van der Waals surface area contributed by atoms with Gasteiger partial charge in [-0.2, -0.15) is 0 Å². The fraction of sp³-hybridized carbons (Fsp3) is 0.294. The summed E-state index contributed by atoms with van der Waals surface area (Å²) in [6.07, 6.45) is 1.12. The van der Waals surface area contributed by atoms with Crippen LogP contribution in [0.5, 0.6) is 0 Å². The molecular weight excluding hydrogens is 312 g/mol. The molecule has 3 heteroatoms. The molecule has 0 saturated carbocycles. The minimum atomic E-state index is 0.681. The van der Waals surface area contributed by atoms with Gasteiger partial charge >= 0.3 is 0 Å². The van der Waals surface area contributed by atoms with Crippen molar-refractivity contribution in [3.05, 3.63) is 52.5 Å². The lowest BCUT2D eigenvalue weighted by Crippen LogP contribution is -2.11. The van der Waals surface area contributed by atoms with Crippen LogP contribution in [0, 0.1) is 5.92 Å². The average molecular weight is 333 g/mol. The summed E-state index contributed by atoms with van der Waals surface area (Å²) in [6.45, 7) is 4.48. The monoisotopic (exact) mass is 332 g/mol. The second-order valence-corrected chi connectivity index (χ2v) is 6.44. The van der Waals surface area contributed by atoms with E-state index in [0.29, 0.717) is 5.92 Å². The Morgan fingerprint density at radius 1 is 1.10 bits per heavy atom. The number of nitrogens with two attached hydrogens (primary N) is 1. The van der Waals surface area contributed by atoms with Gasteiger partial charge in [-0.3, -0.25) is 0 Å². The van der Waals surface area contributed by atoms with Crippen molar-refractivity contribution in [3.63, 3.8) is 0 Å². The number of benzene rings is 2. The van der Waals surface area contributed by atoms with Gasteiger partial charge in [0.15, 0.2) is 0 Å². The van der Waals surface area contributed by atoms with Crippen molar-refractivity contribution in [2.75, 3.05) is 17.7 Å². The molecule has 0 fully saturated rings. The minimum absolute atomic E-state index is 0.681. The van der Waals surface area contributed by atoms with Crippen molar-refractivity contribution in [2.24, 2.45) is 5.92 Å². The highest BCUT2D eigenvalue weighted by molar-refractivity contribution is 9.10. The number of hydrogen-bond acceptors (Lipinski definition) is 2. The summed E-state index contributed by atoms with van der Waals surface area (Å²) < 4.78 is 0.999. The van der Waals surface area contributed by atoms with Gasteiger partial charge in [0, 0.05) is 17.2 Å². The van der Waals surface area contributed by atoms with E-state index in [9.17, 15) is 0 Å². The highest BCUT2D eigenvalue weighted by atomic mass is 79.9. The van der Waals surface area contributed by atoms with E-state index in [2.05, 4.69) is 58.9 Å². The molecule has 0 unspecified atom stereocenters. The SMILES string of the molecule is CC(C)Cc1ccc(N(C)c2ccc(Br)cc2N)cc1. The van der Waals surface area contributed by atoms with E-state index in [4.69, 9.17) is 5.73 Å². The molecule has 2 nitrogen and oxygen atoms in total. The number of hydrogen-bond donors (Lipinski definition) is 1. The third-order valence-electron chi connectivity index (χ3n) is 3.32. The molecule has 2 aromatic rings. The Labute approximate surface area is 129 Å². The van der Waals surface area contributed by atoms with Crippen LogP contribution < -0.4 is 10.6 Å². The van der Waals surface area contributed by atoms with E-state index in [1.165, 1.54) is 5.56 Å². The summed E-state index contributed by atoms with van der Waals surface area (Å²) in [4.78, 5) is 2.11. The Morgan fingerprint density at radius 2 is 1.75 bits per heavy atom. The number of halogens is 1. The van der Waals surface area contributed by atoms with Crippen LogP contribution in [0.15, 0.2) is 46.9 Å². The maximum Gasteiger partial charge on any atom is 0.0642 e. The zero-order valence-corrected chi connectivity index (χ0v) is 13.8. The van der Waals surface area contributed by atoms with Crippen LogP contribution in [0.25, 0.3) is 0 Å². The van der Waals surface area contributed by atoms with Crippen LogP contribution in [-0.4, -0.2) is 7.05 Å². The van der Waals surface area contributed by atoms with E-state index >= 15 is 0 Å². The summed E-state index contributed by atoms with van der Waals surface area (Å²) in [5.41, 5.74) is 10.4. The topological polar surface area (TPSA) is 29.3 Å². The first-order chi connectivity index (χ1) is 9.47. The molecule has 0 aliphatic rings. The Morgan fingerprint density at radius 3 is 2.30 bits per heavy atom. The number of nitrogen functional groups attached to an aromatic ring is 1. The summed E-state index contributed by atoms with van der Waals surface area (Å²) in [7, 11) is 2.04. The first kappa shape index (κ1) is 14.9. The first-order valence-electron chi connectivity index (χ1n) is 6.85. The van der Waals surface area contributed by atoms with E-state index in [1.54, 1.807) is 0 Å². The lowest BCUT2D eigenvalue weighted by Gasteiger charge is -2.22. The predicted octanol–water partition coefficient (Wildman–Crippen LogP) is 5.00. The smallest absolute Gasteiger partial charge is 0.0642 e. The van der Waals surface area contributed by atoms with Crippen molar-refractivity contribution in [3.8, 4) is 0 Å². The lowest BCUT2D eigenvalue weighted by atomic mass is 10.0. The zero-order chi connectivity index (χ0) is 14.7. The molecule has 0 aliphatic heterocycles. The fourth-order valence-corrected chi connectivity index (χ4v) is 2.68. The summed E-state index contributed by atoms with van der Waals surface area (Å²) in [5, 5.41) is 0. The van der Waals surface area contributed by atoms with Gasteiger partial charge in [-0.1, -0.05) is 41.9 Å². The molecule has 2 aromatic carbocycles. The summed E-state index contributed by atoms with van der Waals surface area (Å²) in [6, 6.07) is 14.7. The highest BCUT2D eigenvalue weighted by Crippen LogP contribution is 2.31. The van der Waals surface area contributed by atoms with Crippen LogP contribution >= 0.6 is 15.9 Å². The van der Waals surface area contributed by atoms with Gasteiger partial charge in [-0.15, -0.1) is 0 Å². The number of nitrogens with zero attached hydrogens (tertiary/aromatic N) is 1. The Balaban J connectivity index is 2.22. The Hall–Kier alpha value is -1.48. The average Bonchev–Trinajstić information content (AvgIpc) is 2.38. The fourth-order valence-electron chi connectivity index (χ4n) is 2.30. The van der Waals surface area contributed by atoms with E-state index < -0.39 is 0 Å². The maximum absolute atomic E-state index is 6.08. The third kappa shape index (κ3) is 3.54. The Kier molecular flexibility index (Phi) is 4.71. The standard InChI is InChI=1S/C17H21BrN2/c1-12(2)10-13-4-7-15(8-5-13)20(3)17-9-6-14(18)11-16(17)19/h4-9,11-12H,10,19H2,1-3H3. The molecule has 0 spiro atoms. The molecule has 0 atom stereocenters. The van der Waals surface area contributed by atoms with Crippen LogP contribution in [0.3, 0.4) is 0 Å². The van der Waals surface area contributed by atoms with Crippen molar-refractivity contribution in [2.45, 2.75) is 20.3 Å². The number of rotatable bonds is 4. The van der Waals surface area contributed by atoms with Crippen molar-refractivity contribution in [1.82, 2.24) is 0 Å². The molecule has 2 rings (SSSR count). The second kappa shape index (κ2) is 6.31. The molecule has 0 heterocycles. The quantitative estimate of drug-likeness (QED) is 0.798. The lowest BCUT2D eigenvalue weighted by molar-refractivity contribution is 0.647. The van der Waals surface area contributed by atoms with E-state index in [1.807, 2.05) is 25.2 Å². The van der Waals surface area contributed by atoms with Crippen LogP contribution in [0.1, 0.15) is 19.4 Å². The van der Waals surface area contributed by atoms with Crippen molar-refractivity contribution >= 4 is 33.0 Å². The van der Waals surface area contributed by atoms with Gasteiger partial charge in [0.2, 0.25) is 0 Å². The molecule has 0 bridgehead atoms. The molecule has 106 valence electrons. The van der Waals surface area contributed by atoms with Gasteiger partial charge in [0.05, 0.1) is 11.4 Å². The molecule has 2 N–H and O–H groups in total. The van der Waals surface area contributed by atoms with Gasteiger partial charge in [0.25, 0.3) is 0 Å². The maximum atomic E-state index is 6.08. The van der Waals surface area contributed by atoms with Crippen LogP contribution in [0.2, 0.25) is 0 Å². The molecule has 0 radical (unpaired) electrons. The third-order valence-corrected chi connectivity index (χ3v) is 3.81. The molecule has 0 amide bonds. The summed E-state index contributed by atoms with van der Waals surface area (Å²) >= 11 is 3.44. The van der Waals surface area contributed by atoms with Crippen LogP contribution in [0.4, 0.5) is 17.1 Å². The molecule has 20 heavy (non-hydrogen) atoms. The predicted molar refractivity (Wildman–Crippen MR) is 91.6 cm³/mol. The van der Waals surface area contributed by atoms with Crippen molar-refractivity contribution in [1.29, 1.82) is 0 Å². The number of anilines is 3. The zero-order valence-electron chi connectivity index (χ0n) is 12.2. The van der Waals surface area contributed by atoms with E-state index in [-0.39, 0.29) is 0 Å². The van der Waals surface area contributed by atoms with Gasteiger partial charge < -0.3 is 10.6 Å². The minimum Gasteiger partial charge on any atom is -0.397 e. The van der Waals surface area contributed by atoms with Gasteiger partial charge in [0.1, 0.15) is 0 Å². The second-order valence-electron chi connectivity index (χ2n) is 5.53. The molecule has 0 aliphatic carbocycles. The normalized spacial score (nSPS) is 10.8. The molecular formula is C17H21BrN2.